The monoisotopic (exact) mass is 493 g/mol. The van der Waals surface area contributed by atoms with Crippen molar-refractivity contribution in [2.45, 2.75) is 102 Å². The van der Waals surface area contributed by atoms with Crippen molar-refractivity contribution in [3.8, 4) is 11.3 Å². The maximum absolute atomic E-state index is 5.18. The molecule has 3 heterocycles. The second-order valence-electron chi connectivity index (χ2n) is 12.8. The second-order valence-corrected chi connectivity index (χ2v) is 13.7. The summed E-state index contributed by atoms with van der Waals surface area (Å²) in [4.78, 5) is 10.6. The van der Waals surface area contributed by atoms with Crippen LogP contribution in [0.5, 0.6) is 0 Å². The molecule has 0 saturated carbocycles. The molecule has 0 bridgehead atoms. The Morgan fingerprint density at radius 3 is 2.14 bits per heavy atom. The fourth-order valence-corrected chi connectivity index (χ4v) is 7.61. The molecule has 4 heteroatoms. The largest absolute Gasteiger partial charge is 0.303 e. The molecule has 5 rings (SSSR count). The minimum atomic E-state index is 0.250. The van der Waals surface area contributed by atoms with Crippen LogP contribution in [0.4, 0.5) is 0 Å². The van der Waals surface area contributed by atoms with Crippen LogP contribution in [0, 0.1) is 0 Å². The number of hydrogen-bond acceptors (Lipinski definition) is 4. The van der Waals surface area contributed by atoms with Gasteiger partial charge in [0.05, 0.1) is 10.7 Å². The average molecular weight is 494 g/mol. The third kappa shape index (κ3) is 5.86. The van der Waals surface area contributed by atoms with Gasteiger partial charge in [-0.1, -0.05) is 46.2 Å². The molecule has 1 aromatic heterocycles. The van der Waals surface area contributed by atoms with Crippen molar-refractivity contribution in [1.82, 2.24) is 14.8 Å². The summed E-state index contributed by atoms with van der Waals surface area (Å²) < 4.78 is 0. The van der Waals surface area contributed by atoms with Gasteiger partial charge in [0.1, 0.15) is 0 Å². The topological polar surface area (TPSA) is 19.4 Å². The van der Waals surface area contributed by atoms with Crippen molar-refractivity contribution in [3.63, 3.8) is 0 Å². The minimum absolute atomic E-state index is 0.250. The van der Waals surface area contributed by atoms with Gasteiger partial charge in [0.15, 0.2) is 0 Å². The Morgan fingerprint density at radius 1 is 0.829 bits per heavy atom. The standard InChI is InChI=1S/C31H47N3S/c1-30(2)14-15-31(3,4)27-22-25(10-11-26(27)30)28-23-35-29(32-28)24-12-20-34(21-13-24)19-9-8-18-33-16-6-5-7-17-33/h10-11,22-24H,5-9,12-21H2,1-4H3. The lowest BCUT2D eigenvalue weighted by atomic mass is 9.63. The highest BCUT2D eigenvalue weighted by molar-refractivity contribution is 7.10. The molecule has 0 amide bonds. The summed E-state index contributed by atoms with van der Waals surface area (Å²) in [6, 6.07) is 7.18. The highest BCUT2D eigenvalue weighted by Gasteiger charge is 2.37. The summed E-state index contributed by atoms with van der Waals surface area (Å²) in [5.41, 5.74) is 6.10. The Bertz CT molecular complexity index is 977. The summed E-state index contributed by atoms with van der Waals surface area (Å²) in [6.45, 7) is 17.4. The Morgan fingerprint density at radius 2 is 1.46 bits per heavy atom. The Hall–Kier alpha value is -1.23. The lowest BCUT2D eigenvalue weighted by Gasteiger charge is -2.42. The average Bonchev–Trinajstić information content (AvgIpc) is 3.36. The second kappa shape index (κ2) is 10.6. The molecule has 2 saturated heterocycles. The number of unbranched alkanes of at least 4 members (excludes halogenated alkanes) is 1. The molecule has 0 spiro atoms. The van der Waals surface area contributed by atoms with Crippen molar-refractivity contribution in [2.75, 3.05) is 39.3 Å². The summed E-state index contributed by atoms with van der Waals surface area (Å²) >= 11 is 1.89. The molecular formula is C31H47N3S. The number of rotatable bonds is 7. The van der Waals surface area contributed by atoms with Crippen molar-refractivity contribution >= 4 is 11.3 Å². The molecular weight excluding hydrogens is 446 g/mol. The van der Waals surface area contributed by atoms with Crippen molar-refractivity contribution < 1.29 is 0 Å². The summed E-state index contributed by atoms with van der Waals surface area (Å²) in [5, 5.41) is 3.67. The molecule has 3 nitrogen and oxygen atoms in total. The van der Waals surface area contributed by atoms with Crippen LogP contribution in [0.25, 0.3) is 11.3 Å². The maximum atomic E-state index is 5.18. The number of fused-ring (bicyclic) bond motifs is 1. The van der Waals surface area contributed by atoms with E-state index in [0.29, 0.717) is 5.92 Å². The number of piperidine rings is 2. The van der Waals surface area contributed by atoms with Crippen LogP contribution in [-0.4, -0.2) is 54.1 Å². The lowest BCUT2D eigenvalue weighted by molar-refractivity contribution is 0.193. The third-order valence-electron chi connectivity index (χ3n) is 9.25. The first-order chi connectivity index (χ1) is 16.8. The first-order valence-corrected chi connectivity index (χ1v) is 15.3. The number of aromatic nitrogens is 1. The van der Waals surface area contributed by atoms with Crippen LogP contribution in [-0.2, 0) is 10.8 Å². The predicted octanol–water partition coefficient (Wildman–Crippen LogP) is 7.60. The molecule has 35 heavy (non-hydrogen) atoms. The predicted molar refractivity (Wildman–Crippen MR) is 151 cm³/mol. The van der Waals surface area contributed by atoms with Crippen molar-refractivity contribution in [1.29, 1.82) is 0 Å². The Kier molecular flexibility index (Phi) is 7.72. The SMILES string of the molecule is CC1(C)CCC(C)(C)c2cc(-c3csc(C4CCN(CCCCN5CCCCC5)CC4)n3)ccc21. The smallest absolute Gasteiger partial charge is 0.0964 e. The van der Waals surface area contributed by atoms with Gasteiger partial charge < -0.3 is 9.80 Å². The maximum Gasteiger partial charge on any atom is 0.0964 e. The highest BCUT2D eigenvalue weighted by Crippen LogP contribution is 2.47. The van der Waals surface area contributed by atoms with E-state index in [-0.39, 0.29) is 10.8 Å². The van der Waals surface area contributed by atoms with E-state index in [9.17, 15) is 0 Å². The lowest BCUT2D eigenvalue weighted by Crippen LogP contribution is -2.34. The summed E-state index contributed by atoms with van der Waals surface area (Å²) in [6.07, 6.45) is 12.0. The van der Waals surface area contributed by atoms with Crippen LogP contribution >= 0.6 is 11.3 Å². The van der Waals surface area contributed by atoms with Gasteiger partial charge >= 0.3 is 0 Å². The number of thiazole rings is 1. The van der Waals surface area contributed by atoms with E-state index < -0.39 is 0 Å². The zero-order valence-electron chi connectivity index (χ0n) is 22.7. The van der Waals surface area contributed by atoms with Gasteiger partial charge in [0.25, 0.3) is 0 Å². The normalized spacial score (nSPS) is 23.3. The van der Waals surface area contributed by atoms with Gasteiger partial charge in [0, 0.05) is 16.9 Å². The molecule has 3 aliphatic rings. The molecule has 1 aliphatic carbocycles. The Balaban J connectivity index is 1.14. The van der Waals surface area contributed by atoms with Gasteiger partial charge in [0.2, 0.25) is 0 Å². The van der Waals surface area contributed by atoms with Gasteiger partial charge in [-0.25, -0.2) is 4.98 Å². The van der Waals surface area contributed by atoms with Crippen LogP contribution in [0.2, 0.25) is 0 Å². The van der Waals surface area contributed by atoms with Gasteiger partial charge in [-0.3, -0.25) is 0 Å². The van der Waals surface area contributed by atoms with Gasteiger partial charge in [-0.15, -0.1) is 11.3 Å². The molecule has 0 N–H and O–H groups in total. The molecule has 2 aliphatic heterocycles. The van der Waals surface area contributed by atoms with Crippen LogP contribution in [0.1, 0.15) is 108 Å². The van der Waals surface area contributed by atoms with E-state index in [1.807, 2.05) is 11.3 Å². The summed E-state index contributed by atoms with van der Waals surface area (Å²) in [5.74, 6) is 0.645. The van der Waals surface area contributed by atoms with E-state index in [1.165, 1.54) is 124 Å². The molecule has 2 fully saturated rings. The number of benzene rings is 1. The van der Waals surface area contributed by atoms with E-state index in [2.05, 4.69) is 61.1 Å². The van der Waals surface area contributed by atoms with E-state index in [0.717, 1.165) is 0 Å². The number of hydrogen-bond donors (Lipinski definition) is 0. The van der Waals surface area contributed by atoms with E-state index in [1.54, 1.807) is 0 Å². The van der Waals surface area contributed by atoms with Crippen LogP contribution < -0.4 is 0 Å². The number of likely N-dealkylation sites (tertiary alicyclic amines) is 2. The zero-order chi connectivity index (χ0) is 24.5. The quantitative estimate of drug-likeness (QED) is 0.370. The van der Waals surface area contributed by atoms with Gasteiger partial charge in [-0.2, -0.15) is 0 Å². The fourth-order valence-electron chi connectivity index (χ4n) is 6.61. The molecule has 192 valence electrons. The molecule has 0 unspecified atom stereocenters. The van der Waals surface area contributed by atoms with Crippen molar-refractivity contribution in [3.05, 3.63) is 39.7 Å². The van der Waals surface area contributed by atoms with E-state index in [4.69, 9.17) is 4.98 Å². The minimum Gasteiger partial charge on any atom is -0.303 e. The highest BCUT2D eigenvalue weighted by atomic mass is 32.1. The van der Waals surface area contributed by atoms with Crippen LogP contribution in [0.3, 0.4) is 0 Å². The van der Waals surface area contributed by atoms with Crippen molar-refractivity contribution in [2.24, 2.45) is 0 Å². The van der Waals surface area contributed by atoms with E-state index >= 15 is 0 Å². The first-order valence-electron chi connectivity index (χ1n) is 14.4. The third-order valence-corrected chi connectivity index (χ3v) is 10.3. The Labute approximate surface area is 218 Å². The van der Waals surface area contributed by atoms with Crippen LogP contribution in [0.15, 0.2) is 23.6 Å². The zero-order valence-corrected chi connectivity index (χ0v) is 23.6. The number of nitrogens with zero attached hydrogens (tertiary/aromatic N) is 3. The molecule has 0 radical (unpaired) electrons. The van der Waals surface area contributed by atoms with Gasteiger partial charge in [-0.05, 0) is 119 Å². The fraction of sp³-hybridized carbons (Fsp3) is 0.710. The first kappa shape index (κ1) is 25.4. The molecule has 0 atom stereocenters. The molecule has 1 aromatic carbocycles. The summed E-state index contributed by atoms with van der Waals surface area (Å²) in [7, 11) is 0. The molecule has 2 aromatic rings.